The summed E-state index contributed by atoms with van der Waals surface area (Å²) in [6.45, 7) is 16.2. The first-order chi connectivity index (χ1) is 17.5. The molecule has 0 unspecified atom stereocenters. The van der Waals surface area contributed by atoms with Crippen molar-refractivity contribution in [3.8, 4) is 0 Å². The first-order valence-corrected chi connectivity index (χ1v) is 19.7. The molecule has 0 aliphatic carbocycles. The summed E-state index contributed by atoms with van der Waals surface area (Å²) in [6, 6.07) is 0. The Morgan fingerprint density at radius 2 is 0.868 bits per heavy atom. The third kappa shape index (κ3) is 31.5. The molecule has 0 fully saturated rings. The van der Waals surface area contributed by atoms with Gasteiger partial charge in [0.1, 0.15) is 0 Å². The van der Waals surface area contributed by atoms with Crippen LogP contribution in [0, 0.1) is 0 Å². The van der Waals surface area contributed by atoms with E-state index in [0.717, 1.165) is 6.08 Å². The van der Waals surface area contributed by atoms with Crippen molar-refractivity contribution in [1.29, 1.82) is 0 Å². The molecule has 0 heterocycles. The maximum absolute atomic E-state index is 11.4. The quantitative estimate of drug-likeness (QED) is 0.0394. The Bertz CT molecular complexity index is 518. The SMILES string of the molecule is C=CCOS(=O)(=O)C(F)(F)F.CCCCP(CCCC)CCCC.CCCCP(CCCC)CCCC.[Pd]. The average molecular weight is 701 g/mol. The van der Waals surface area contributed by atoms with Crippen molar-refractivity contribution < 1.29 is 46.2 Å². The van der Waals surface area contributed by atoms with E-state index >= 15 is 0 Å². The van der Waals surface area contributed by atoms with Gasteiger partial charge in [-0.1, -0.05) is 86.1 Å². The van der Waals surface area contributed by atoms with Crippen molar-refractivity contribution in [2.24, 2.45) is 0 Å². The second-order valence-corrected chi connectivity index (χ2v) is 16.3. The van der Waals surface area contributed by atoms with Crippen molar-refractivity contribution in [3.05, 3.63) is 12.7 Å². The molecule has 0 aromatic carbocycles. The van der Waals surface area contributed by atoms with Gasteiger partial charge in [-0.05, 0) is 75.5 Å². The van der Waals surface area contributed by atoms with Gasteiger partial charge in [-0.2, -0.15) is 21.6 Å². The third-order valence-electron chi connectivity index (χ3n) is 5.59. The van der Waals surface area contributed by atoms with Gasteiger partial charge < -0.3 is 0 Å². The van der Waals surface area contributed by atoms with Crippen LogP contribution in [-0.4, -0.2) is 57.5 Å². The van der Waals surface area contributed by atoms with Gasteiger partial charge in [0, 0.05) is 20.4 Å². The van der Waals surface area contributed by atoms with Crippen molar-refractivity contribution >= 4 is 26.0 Å². The van der Waals surface area contributed by atoms with Gasteiger partial charge in [-0.15, -0.1) is 22.4 Å². The van der Waals surface area contributed by atoms with Gasteiger partial charge in [0.25, 0.3) is 0 Å². The van der Waals surface area contributed by atoms with E-state index in [0.29, 0.717) is 15.8 Å². The summed E-state index contributed by atoms with van der Waals surface area (Å²) in [6.07, 6.45) is 27.3. The van der Waals surface area contributed by atoms with E-state index in [-0.39, 0.29) is 20.4 Å². The van der Waals surface area contributed by atoms with Gasteiger partial charge in [0.2, 0.25) is 0 Å². The van der Waals surface area contributed by atoms with Crippen LogP contribution in [0.3, 0.4) is 0 Å². The van der Waals surface area contributed by atoms with Gasteiger partial charge in [0.05, 0.1) is 6.61 Å². The number of rotatable bonds is 21. The van der Waals surface area contributed by atoms with Gasteiger partial charge in [-0.3, -0.25) is 4.18 Å². The van der Waals surface area contributed by atoms with Crippen LogP contribution in [-0.2, 0) is 34.7 Å². The van der Waals surface area contributed by atoms with Crippen molar-refractivity contribution in [1.82, 2.24) is 0 Å². The Morgan fingerprint density at radius 1 is 0.632 bits per heavy atom. The molecular formula is C28H59F3O3P2PdS. The summed E-state index contributed by atoms with van der Waals surface area (Å²) < 4.78 is 57.7. The molecule has 0 aliphatic rings. The smallest absolute Gasteiger partial charge is 0.259 e. The molecule has 38 heavy (non-hydrogen) atoms. The minimum atomic E-state index is -5.43. The van der Waals surface area contributed by atoms with E-state index in [1.54, 1.807) is 37.0 Å². The standard InChI is InChI=1S/2C12H27P.C4H5F3O3S.Pd/c2*1-4-7-10-13(11-8-5-2)12-9-6-3;1-2-3-10-11(8,9)4(5,6)7;/h2*4-12H2,1-3H3;2H,1,3H2;. The van der Waals surface area contributed by atoms with Crippen LogP contribution >= 0.6 is 15.8 Å². The maximum atomic E-state index is 11.4. The predicted octanol–water partition coefficient (Wildman–Crippen LogP) is 10.8. The first-order valence-electron chi connectivity index (χ1n) is 14.5. The van der Waals surface area contributed by atoms with Crippen LogP contribution in [0.5, 0.6) is 0 Å². The Morgan fingerprint density at radius 3 is 1.03 bits per heavy atom. The molecule has 0 spiro atoms. The summed E-state index contributed by atoms with van der Waals surface area (Å²) in [5, 5.41) is 0. The van der Waals surface area contributed by atoms with Crippen LogP contribution in [0.1, 0.15) is 119 Å². The Kier molecular flexibility index (Phi) is 39.3. The number of alkyl halides is 3. The molecule has 236 valence electrons. The third-order valence-corrected chi connectivity index (χ3v) is 12.3. The molecule has 0 saturated carbocycles. The fourth-order valence-corrected chi connectivity index (χ4v) is 9.50. The van der Waals surface area contributed by atoms with Gasteiger partial charge in [-0.25, -0.2) is 0 Å². The monoisotopic (exact) mass is 700 g/mol. The second kappa shape index (κ2) is 32.5. The minimum Gasteiger partial charge on any atom is -0.259 e. The zero-order valence-electron chi connectivity index (χ0n) is 25.2. The molecule has 0 aromatic rings. The largest absolute Gasteiger partial charge is 0.523 e. The van der Waals surface area contributed by atoms with Gasteiger partial charge in [0.15, 0.2) is 0 Å². The summed E-state index contributed by atoms with van der Waals surface area (Å²) in [5.41, 5.74) is -5.35. The molecule has 10 heteroatoms. The van der Waals surface area contributed by atoms with E-state index in [2.05, 4.69) is 52.3 Å². The van der Waals surface area contributed by atoms with E-state index in [1.165, 1.54) is 77.0 Å². The summed E-state index contributed by atoms with van der Waals surface area (Å²) in [4.78, 5) is 0. The molecule has 0 aliphatic heterocycles. The van der Waals surface area contributed by atoms with Crippen LogP contribution in [0.25, 0.3) is 0 Å². The molecule has 0 amide bonds. The van der Waals surface area contributed by atoms with Crippen molar-refractivity contribution in [2.75, 3.05) is 43.6 Å². The zero-order chi connectivity index (χ0) is 29.0. The summed E-state index contributed by atoms with van der Waals surface area (Å²) in [7, 11) is -4.59. The number of halogens is 3. The molecule has 0 saturated heterocycles. The van der Waals surface area contributed by atoms with Crippen molar-refractivity contribution in [2.45, 2.75) is 124 Å². The fraction of sp³-hybridized carbons (Fsp3) is 0.929. The Balaban J connectivity index is -0.000000226. The van der Waals surface area contributed by atoms with E-state index < -0.39 is 22.2 Å². The van der Waals surface area contributed by atoms with Gasteiger partial charge >= 0.3 is 15.6 Å². The molecular weight excluding hydrogens is 642 g/mol. The molecule has 3 nitrogen and oxygen atoms in total. The van der Waals surface area contributed by atoms with Crippen LogP contribution in [0.15, 0.2) is 12.7 Å². The normalized spacial score (nSPS) is 11.3. The van der Waals surface area contributed by atoms with E-state index in [9.17, 15) is 21.6 Å². The van der Waals surface area contributed by atoms with Crippen LogP contribution in [0.4, 0.5) is 13.2 Å². The topological polar surface area (TPSA) is 43.4 Å². The maximum Gasteiger partial charge on any atom is 0.523 e. The Labute approximate surface area is 251 Å². The minimum absolute atomic E-state index is 0. The molecule has 0 bridgehead atoms. The van der Waals surface area contributed by atoms with Crippen molar-refractivity contribution in [3.63, 3.8) is 0 Å². The van der Waals surface area contributed by atoms with Crippen LogP contribution in [0.2, 0.25) is 0 Å². The molecule has 0 atom stereocenters. The molecule has 0 aromatic heterocycles. The number of unbranched alkanes of at least 4 members (excludes halogenated alkanes) is 6. The fourth-order valence-electron chi connectivity index (χ4n) is 3.17. The predicted molar refractivity (Wildman–Crippen MR) is 164 cm³/mol. The summed E-state index contributed by atoms with van der Waals surface area (Å²) >= 11 is 0. The van der Waals surface area contributed by atoms with E-state index in [4.69, 9.17) is 0 Å². The number of hydrogen-bond acceptors (Lipinski definition) is 3. The zero-order valence-corrected chi connectivity index (χ0v) is 29.4. The molecule has 0 N–H and O–H groups in total. The Hall–Kier alpha value is 0.962. The number of hydrogen-bond donors (Lipinski definition) is 0. The van der Waals surface area contributed by atoms with E-state index in [1.807, 2.05) is 0 Å². The molecule has 0 rings (SSSR count). The first kappa shape index (κ1) is 45.9. The summed E-state index contributed by atoms with van der Waals surface area (Å²) in [5.74, 6) is 0. The average Bonchev–Trinajstić information content (AvgIpc) is 2.86. The van der Waals surface area contributed by atoms with Crippen LogP contribution < -0.4 is 0 Å². The molecule has 0 radical (unpaired) electrons. The second-order valence-electron chi connectivity index (χ2n) is 9.28.